The van der Waals surface area contributed by atoms with Crippen LogP contribution in [0.1, 0.15) is 57.8 Å². The maximum atomic E-state index is 12.8. The van der Waals surface area contributed by atoms with E-state index in [-0.39, 0.29) is 30.0 Å². The van der Waals surface area contributed by atoms with Gasteiger partial charge in [0.05, 0.1) is 16.8 Å². The number of imide groups is 2. The number of hydrogen-bond acceptors (Lipinski definition) is 8. The minimum absolute atomic E-state index is 0.0332. The number of nitrogens with zero attached hydrogens (tertiary/aromatic N) is 2. The third-order valence-corrected chi connectivity index (χ3v) is 5.79. The molecule has 1 fully saturated rings. The SMILES string of the molecule is CC(NCc1ccc2c(c1)C(=O)N(C1CCC(=O)NC1=O)C2=O)c1csc(N)n1. The molecule has 10 heteroatoms. The van der Waals surface area contributed by atoms with E-state index in [1.807, 2.05) is 12.3 Å². The summed E-state index contributed by atoms with van der Waals surface area (Å²) in [5, 5.41) is 7.89. The lowest BCUT2D eigenvalue weighted by Crippen LogP contribution is -2.54. The van der Waals surface area contributed by atoms with Gasteiger partial charge in [-0.25, -0.2) is 4.98 Å². The highest BCUT2D eigenvalue weighted by atomic mass is 32.1. The van der Waals surface area contributed by atoms with E-state index in [0.29, 0.717) is 11.7 Å². The molecule has 4 rings (SSSR count). The van der Waals surface area contributed by atoms with Crippen molar-refractivity contribution in [3.8, 4) is 0 Å². The van der Waals surface area contributed by atoms with Crippen LogP contribution in [0.4, 0.5) is 5.13 Å². The van der Waals surface area contributed by atoms with Crippen LogP contribution in [0.15, 0.2) is 23.6 Å². The summed E-state index contributed by atoms with van der Waals surface area (Å²) < 4.78 is 0. The van der Waals surface area contributed by atoms with E-state index in [4.69, 9.17) is 5.73 Å². The second kappa shape index (κ2) is 7.37. The van der Waals surface area contributed by atoms with Crippen LogP contribution in [0.5, 0.6) is 0 Å². The van der Waals surface area contributed by atoms with Gasteiger partial charge in [-0.1, -0.05) is 6.07 Å². The first kappa shape index (κ1) is 19.2. The van der Waals surface area contributed by atoms with Gasteiger partial charge in [0.25, 0.3) is 11.8 Å². The van der Waals surface area contributed by atoms with E-state index in [9.17, 15) is 19.2 Å². The lowest BCUT2D eigenvalue weighted by molar-refractivity contribution is -0.136. The zero-order valence-electron chi connectivity index (χ0n) is 15.6. The lowest BCUT2D eigenvalue weighted by atomic mass is 10.0. The normalized spacial score (nSPS) is 20.0. The Morgan fingerprint density at radius 3 is 2.72 bits per heavy atom. The van der Waals surface area contributed by atoms with Gasteiger partial charge in [0.2, 0.25) is 11.8 Å². The first-order valence-electron chi connectivity index (χ1n) is 9.14. The summed E-state index contributed by atoms with van der Waals surface area (Å²) in [6.45, 7) is 2.42. The van der Waals surface area contributed by atoms with Crippen LogP contribution in [0.25, 0.3) is 0 Å². The quantitative estimate of drug-likeness (QED) is 0.622. The molecular weight excluding hydrogens is 394 g/mol. The minimum Gasteiger partial charge on any atom is -0.375 e. The van der Waals surface area contributed by atoms with Gasteiger partial charge >= 0.3 is 0 Å². The van der Waals surface area contributed by atoms with E-state index < -0.39 is 29.7 Å². The highest BCUT2D eigenvalue weighted by Gasteiger charge is 2.44. The summed E-state index contributed by atoms with van der Waals surface area (Å²) in [7, 11) is 0. The molecule has 1 aromatic heterocycles. The molecule has 0 radical (unpaired) electrons. The molecule has 29 heavy (non-hydrogen) atoms. The number of piperidine rings is 1. The van der Waals surface area contributed by atoms with Gasteiger partial charge in [-0.15, -0.1) is 11.3 Å². The first-order valence-corrected chi connectivity index (χ1v) is 10.0. The monoisotopic (exact) mass is 413 g/mol. The summed E-state index contributed by atoms with van der Waals surface area (Å²) in [5.41, 5.74) is 7.86. The van der Waals surface area contributed by atoms with Crippen molar-refractivity contribution in [1.29, 1.82) is 0 Å². The molecule has 9 nitrogen and oxygen atoms in total. The number of hydrogen-bond donors (Lipinski definition) is 3. The number of nitrogens with two attached hydrogens (primary N) is 1. The number of benzene rings is 1. The zero-order chi connectivity index (χ0) is 20.7. The number of rotatable bonds is 5. The predicted molar refractivity (Wildman–Crippen MR) is 105 cm³/mol. The maximum absolute atomic E-state index is 12.8. The van der Waals surface area contributed by atoms with E-state index >= 15 is 0 Å². The standard InChI is InChI=1S/C19H19N5O4S/c1-9(13-8-29-19(20)22-13)21-7-10-2-3-11-12(6-10)18(28)24(17(11)27)14-4-5-15(25)23-16(14)26/h2-3,6,8-9,14,21H,4-5,7H2,1H3,(H2,20,22)(H,23,25,26). The van der Waals surface area contributed by atoms with Crippen molar-refractivity contribution in [2.45, 2.75) is 38.4 Å². The fourth-order valence-corrected chi connectivity index (χ4v) is 4.16. The van der Waals surface area contributed by atoms with Crippen LogP contribution in [0.3, 0.4) is 0 Å². The van der Waals surface area contributed by atoms with Crippen LogP contribution in [-0.4, -0.2) is 39.6 Å². The Kier molecular flexibility index (Phi) is 4.89. The van der Waals surface area contributed by atoms with Gasteiger partial charge < -0.3 is 11.1 Å². The van der Waals surface area contributed by atoms with Crippen molar-refractivity contribution in [2.24, 2.45) is 0 Å². The summed E-state index contributed by atoms with van der Waals surface area (Å²) >= 11 is 1.37. The smallest absolute Gasteiger partial charge is 0.262 e. The van der Waals surface area contributed by atoms with E-state index in [0.717, 1.165) is 16.2 Å². The molecule has 1 saturated heterocycles. The minimum atomic E-state index is -0.961. The number of thiazole rings is 1. The predicted octanol–water partition coefficient (Wildman–Crippen LogP) is 0.977. The molecule has 2 unspecified atom stereocenters. The molecule has 4 amide bonds. The summed E-state index contributed by atoms with van der Waals surface area (Å²) in [4.78, 5) is 54.2. The van der Waals surface area contributed by atoms with E-state index in [1.54, 1.807) is 18.2 Å². The van der Waals surface area contributed by atoms with Gasteiger partial charge in [-0.2, -0.15) is 0 Å². The summed E-state index contributed by atoms with van der Waals surface area (Å²) in [6, 6.07) is 4.04. The topological polar surface area (TPSA) is 134 Å². The van der Waals surface area contributed by atoms with Crippen LogP contribution in [-0.2, 0) is 16.1 Å². The molecule has 3 heterocycles. The second-order valence-electron chi connectivity index (χ2n) is 7.04. The molecule has 0 aliphatic carbocycles. The van der Waals surface area contributed by atoms with E-state index in [1.165, 1.54) is 11.3 Å². The van der Waals surface area contributed by atoms with Crippen molar-refractivity contribution in [3.05, 3.63) is 46.0 Å². The molecule has 2 atom stereocenters. The van der Waals surface area contributed by atoms with Crippen molar-refractivity contribution in [1.82, 2.24) is 20.5 Å². The highest BCUT2D eigenvalue weighted by Crippen LogP contribution is 2.28. The Hall–Kier alpha value is -3.11. The maximum Gasteiger partial charge on any atom is 0.262 e. The van der Waals surface area contributed by atoms with Gasteiger partial charge in [0.15, 0.2) is 5.13 Å². The zero-order valence-corrected chi connectivity index (χ0v) is 16.4. The van der Waals surface area contributed by atoms with Crippen LogP contribution >= 0.6 is 11.3 Å². The van der Waals surface area contributed by atoms with Gasteiger partial charge in [0, 0.05) is 24.4 Å². The second-order valence-corrected chi connectivity index (χ2v) is 7.93. The number of carbonyl (C=O) groups is 4. The van der Waals surface area contributed by atoms with E-state index in [2.05, 4.69) is 15.6 Å². The molecule has 0 saturated carbocycles. The Bertz CT molecular complexity index is 1030. The molecule has 2 aliphatic heterocycles. The molecule has 0 bridgehead atoms. The number of carbonyl (C=O) groups excluding carboxylic acids is 4. The number of fused-ring (bicyclic) bond motifs is 1. The fraction of sp³-hybridized carbons (Fsp3) is 0.316. The van der Waals surface area contributed by atoms with Crippen molar-refractivity contribution in [2.75, 3.05) is 5.73 Å². The molecule has 1 aromatic carbocycles. The average Bonchev–Trinajstić information content (AvgIpc) is 3.23. The van der Waals surface area contributed by atoms with Crippen LogP contribution < -0.4 is 16.4 Å². The molecule has 2 aromatic rings. The molecule has 150 valence electrons. The number of aromatic nitrogens is 1. The summed E-state index contributed by atoms with van der Waals surface area (Å²) in [5.74, 6) is -2.03. The van der Waals surface area contributed by atoms with Gasteiger partial charge in [-0.05, 0) is 31.0 Å². The molecule has 2 aliphatic rings. The molecular formula is C19H19N5O4S. The molecule has 4 N–H and O–H groups in total. The van der Waals surface area contributed by atoms with Gasteiger partial charge in [-0.3, -0.25) is 29.4 Å². The lowest BCUT2D eigenvalue weighted by Gasteiger charge is -2.27. The Morgan fingerprint density at radius 1 is 1.28 bits per heavy atom. The number of nitrogens with one attached hydrogen (secondary N) is 2. The first-order chi connectivity index (χ1) is 13.8. The van der Waals surface area contributed by atoms with Crippen LogP contribution in [0.2, 0.25) is 0 Å². The molecule has 0 spiro atoms. The van der Waals surface area contributed by atoms with Gasteiger partial charge in [0.1, 0.15) is 6.04 Å². The average molecular weight is 413 g/mol. The third kappa shape index (κ3) is 3.52. The number of amides is 4. The van der Waals surface area contributed by atoms with Crippen molar-refractivity contribution >= 4 is 40.1 Å². The largest absolute Gasteiger partial charge is 0.375 e. The fourth-order valence-electron chi connectivity index (χ4n) is 3.50. The number of anilines is 1. The Labute approximate surface area is 170 Å². The van der Waals surface area contributed by atoms with Crippen molar-refractivity contribution in [3.63, 3.8) is 0 Å². The summed E-state index contributed by atoms with van der Waals surface area (Å²) in [6.07, 6.45) is 0.233. The highest BCUT2D eigenvalue weighted by molar-refractivity contribution is 7.13. The van der Waals surface area contributed by atoms with Crippen LogP contribution in [0, 0.1) is 0 Å². The van der Waals surface area contributed by atoms with Crippen molar-refractivity contribution < 1.29 is 19.2 Å². The Balaban J connectivity index is 1.49. The number of nitrogen functional groups attached to an aromatic ring is 1. The third-order valence-electron chi connectivity index (χ3n) is 5.10. The Morgan fingerprint density at radius 2 is 2.03 bits per heavy atom.